The number of aliphatic hydroxyl groups is 1. The summed E-state index contributed by atoms with van der Waals surface area (Å²) in [6.45, 7) is 1.02. The van der Waals surface area contributed by atoms with E-state index in [1.54, 1.807) is 7.11 Å². The van der Waals surface area contributed by atoms with E-state index in [0.29, 0.717) is 18.2 Å². The number of hydrogen-bond donors (Lipinski definition) is 1. The average molecular weight is 303 g/mol. The van der Waals surface area contributed by atoms with E-state index in [-0.39, 0.29) is 18.6 Å². The highest BCUT2D eigenvalue weighted by atomic mass is 16.5. The Hall–Kier alpha value is -1.55. The predicted molar refractivity (Wildman–Crippen MR) is 84.9 cm³/mol. The van der Waals surface area contributed by atoms with Crippen LogP contribution in [0.3, 0.4) is 0 Å². The monoisotopic (exact) mass is 303 g/mol. The second kappa shape index (κ2) is 6.69. The van der Waals surface area contributed by atoms with Crippen molar-refractivity contribution < 1.29 is 14.6 Å². The first-order valence-corrected chi connectivity index (χ1v) is 8.30. The summed E-state index contributed by atoms with van der Waals surface area (Å²) in [4.78, 5) is 14.8. The molecule has 2 aliphatic rings. The second-order valence-corrected chi connectivity index (χ2v) is 6.42. The number of hydrogen-bond acceptors (Lipinski definition) is 3. The van der Waals surface area contributed by atoms with Crippen molar-refractivity contribution in [3.8, 4) is 5.75 Å². The lowest BCUT2D eigenvalue weighted by Crippen LogP contribution is -2.45. The molecule has 1 saturated carbocycles. The molecule has 3 rings (SSSR count). The van der Waals surface area contributed by atoms with Crippen LogP contribution < -0.4 is 4.74 Å². The van der Waals surface area contributed by atoms with Crippen molar-refractivity contribution in [2.45, 2.75) is 44.1 Å². The fourth-order valence-electron chi connectivity index (χ4n) is 3.64. The number of carbonyl (C=O) groups excluding carboxylic acids is 1. The molecule has 0 bridgehead atoms. The number of likely N-dealkylation sites (tertiary alicyclic amines) is 1. The number of nitrogens with zero attached hydrogens (tertiary/aromatic N) is 1. The first-order valence-electron chi connectivity index (χ1n) is 8.30. The molecular weight excluding hydrogens is 278 g/mol. The molecule has 3 unspecified atom stereocenters. The first-order chi connectivity index (χ1) is 10.7. The largest absolute Gasteiger partial charge is 0.497 e. The van der Waals surface area contributed by atoms with Gasteiger partial charge in [0.1, 0.15) is 5.75 Å². The minimum atomic E-state index is 0.132. The molecule has 0 aromatic heterocycles. The molecular formula is C18H25NO3. The predicted octanol–water partition coefficient (Wildman–Crippen LogP) is 2.56. The summed E-state index contributed by atoms with van der Waals surface area (Å²) in [6.07, 6.45) is 4.96. The van der Waals surface area contributed by atoms with Crippen LogP contribution in [0.2, 0.25) is 0 Å². The van der Waals surface area contributed by atoms with Gasteiger partial charge in [-0.25, -0.2) is 0 Å². The van der Waals surface area contributed by atoms with Crippen molar-refractivity contribution >= 4 is 5.91 Å². The van der Waals surface area contributed by atoms with Gasteiger partial charge in [-0.3, -0.25) is 4.79 Å². The molecule has 2 fully saturated rings. The van der Waals surface area contributed by atoms with Gasteiger partial charge in [0.05, 0.1) is 7.11 Å². The number of piperidine rings is 1. The van der Waals surface area contributed by atoms with Gasteiger partial charge < -0.3 is 14.7 Å². The Balaban J connectivity index is 1.63. The Labute approximate surface area is 132 Å². The number of methoxy groups -OCH3 is 1. The van der Waals surface area contributed by atoms with Crippen molar-refractivity contribution in [2.75, 3.05) is 20.3 Å². The van der Waals surface area contributed by atoms with E-state index in [1.807, 2.05) is 17.0 Å². The lowest BCUT2D eigenvalue weighted by molar-refractivity contribution is -0.136. The van der Waals surface area contributed by atoms with Crippen molar-refractivity contribution in [1.82, 2.24) is 4.90 Å². The highest BCUT2D eigenvalue weighted by molar-refractivity contribution is 5.83. The molecule has 3 atom stereocenters. The van der Waals surface area contributed by atoms with Crippen molar-refractivity contribution in [3.05, 3.63) is 29.8 Å². The maximum Gasteiger partial charge on any atom is 0.226 e. The molecule has 1 aliphatic carbocycles. The van der Waals surface area contributed by atoms with Gasteiger partial charge in [0.2, 0.25) is 5.91 Å². The molecule has 1 saturated heterocycles. The Kier molecular flexibility index (Phi) is 4.67. The molecule has 1 heterocycles. The van der Waals surface area contributed by atoms with Gasteiger partial charge in [-0.1, -0.05) is 12.1 Å². The Morgan fingerprint density at radius 2 is 2.09 bits per heavy atom. The van der Waals surface area contributed by atoms with Crippen molar-refractivity contribution in [3.63, 3.8) is 0 Å². The molecule has 22 heavy (non-hydrogen) atoms. The van der Waals surface area contributed by atoms with Crippen LogP contribution in [0, 0.1) is 5.92 Å². The van der Waals surface area contributed by atoms with Gasteiger partial charge in [0.25, 0.3) is 0 Å². The van der Waals surface area contributed by atoms with Crippen LogP contribution in [0.1, 0.15) is 43.6 Å². The average Bonchev–Trinajstić information content (AvgIpc) is 3.36. The van der Waals surface area contributed by atoms with E-state index in [4.69, 9.17) is 4.74 Å². The number of amides is 1. The third-order valence-electron chi connectivity index (χ3n) is 5.02. The first kappa shape index (κ1) is 15.3. The van der Waals surface area contributed by atoms with Gasteiger partial charge in [0, 0.05) is 25.1 Å². The highest BCUT2D eigenvalue weighted by Gasteiger charge is 2.47. The van der Waals surface area contributed by atoms with Gasteiger partial charge in [-0.15, -0.1) is 0 Å². The van der Waals surface area contributed by atoms with E-state index in [1.165, 1.54) is 12.0 Å². The SMILES string of the molecule is COc1ccc(C2CC2C(=O)N2CCCCC2CCO)cc1. The number of ether oxygens (including phenoxy) is 1. The number of benzene rings is 1. The van der Waals surface area contributed by atoms with Gasteiger partial charge in [0.15, 0.2) is 0 Å². The third kappa shape index (κ3) is 3.12. The summed E-state index contributed by atoms with van der Waals surface area (Å²) >= 11 is 0. The molecule has 4 nitrogen and oxygen atoms in total. The topological polar surface area (TPSA) is 49.8 Å². The van der Waals surface area contributed by atoms with Gasteiger partial charge in [-0.05, 0) is 55.7 Å². The molecule has 120 valence electrons. The maximum absolute atomic E-state index is 12.8. The molecule has 4 heteroatoms. The number of carbonyl (C=O) groups is 1. The molecule has 1 amide bonds. The molecule has 0 radical (unpaired) electrons. The van der Waals surface area contributed by atoms with Crippen LogP contribution in [-0.4, -0.2) is 42.2 Å². The van der Waals surface area contributed by atoms with Crippen LogP contribution in [0.15, 0.2) is 24.3 Å². The number of aliphatic hydroxyl groups excluding tert-OH is 1. The zero-order chi connectivity index (χ0) is 15.5. The van der Waals surface area contributed by atoms with Crippen LogP contribution in [0.25, 0.3) is 0 Å². The molecule has 1 aromatic rings. The van der Waals surface area contributed by atoms with Gasteiger partial charge >= 0.3 is 0 Å². The summed E-state index contributed by atoms with van der Waals surface area (Å²) in [5, 5.41) is 9.20. The lowest BCUT2D eigenvalue weighted by Gasteiger charge is -2.36. The summed E-state index contributed by atoms with van der Waals surface area (Å²) in [6, 6.07) is 8.30. The minimum absolute atomic E-state index is 0.132. The zero-order valence-corrected chi connectivity index (χ0v) is 13.2. The van der Waals surface area contributed by atoms with E-state index in [2.05, 4.69) is 12.1 Å². The maximum atomic E-state index is 12.8. The second-order valence-electron chi connectivity index (χ2n) is 6.42. The molecule has 0 spiro atoms. The van der Waals surface area contributed by atoms with Gasteiger partial charge in [-0.2, -0.15) is 0 Å². The lowest BCUT2D eigenvalue weighted by atomic mass is 9.98. The van der Waals surface area contributed by atoms with Crippen LogP contribution in [0.4, 0.5) is 0 Å². The van der Waals surface area contributed by atoms with E-state index >= 15 is 0 Å². The van der Waals surface area contributed by atoms with Crippen molar-refractivity contribution in [1.29, 1.82) is 0 Å². The molecule has 1 aromatic carbocycles. The summed E-state index contributed by atoms with van der Waals surface area (Å²) < 4.78 is 5.18. The Morgan fingerprint density at radius 3 is 2.77 bits per heavy atom. The van der Waals surface area contributed by atoms with E-state index in [0.717, 1.165) is 31.6 Å². The highest BCUT2D eigenvalue weighted by Crippen LogP contribution is 2.49. The number of rotatable bonds is 5. The zero-order valence-electron chi connectivity index (χ0n) is 13.2. The Bertz CT molecular complexity index is 512. The third-order valence-corrected chi connectivity index (χ3v) is 5.02. The summed E-state index contributed by atoms with van der Waals surface area (Å²) in [5.41, 5.74) is 1.23. The summed E-state index contributed by atoms with van der Waals surface area (Å²) in [7, 11) is 1.66. The summed E-state index contributed by atoms with van der Waals surface area (Å²) in [5.74, 6) is 1.63. The van der Waals surface area contributed by atoms with Crippen LogP contribution in [0.5, 0.6) is 5.75 Å². The van der Waals surface area contributed by atoms with Crippen LogP contribution in [-0.2, 0) is 4.79 Å². The Morgan fingerprint density at radius 1 is 1.32 bits per heavy atom. The molecule has 1 N–H and O–H groups in total. The van der Waals surface area contributed by atoms with E-state index < -0.39 is 0 Å². The smallest absolute Gasteiger partial charge is 0.226 e. The standard InChI is InChI=1S/C18H25NO3/c1-22-15-7-5-13(6-8-15)16-12-17(16)18(21)19-10-3-2-4-14(19)9-11-20/h5-8,14,16-17,20H,2-4,9-12H2,1H3. The fourth-order valence-corrected chi connectivity index (χ4v) is 3.64. The van der Waals surface area contributed by atoms with Crippen molar-refractivity contribution in [2.24, 2.45) is 5.92 Å². The quantitative estimate of drug-likeness (QED) is 0.909. The fraction of sp³-hybridized carbons (Fsp3) is 0.611. The normalized spacial score (nSPS) is 27.5. The molecule has 1 aliphatic heterocycles. The van der Waals surface area contributed by atoms with E-state index in [9.17, 15) is 9.90 Å². The minimum Gasteiger partial charge on any atom is -0.497 e. The van der Waals surface area contributed by atoms with Crippen LogP contribution >= 0.6 is 0 Å².